The lowest BCUT2D eigenvalue weighted by Gasteiger charge is -2.33. The number of rotatable bonds is 5. The Balaban J connectivity index is 1.52. The summed E-state index contributed by atoms with van der Waals surface area (Å²) < 4.78 is 10.6. The maximum atomic E-state index is 11.9. The van der Waals surface area contributed by atoms with Crippen LogP contribution in [0.2, 0.25) is 0 Å². The van der Waals surface area contributed by atoms with Gasteiger partial charge in [-0.3, -0.25) is 4.90 Å². The van der Waals surface area contributed by atoms with Gasteiger partial charge in [-0.15, -0.1) is 0 Å². The molecular weight excluding hydrogens is 320 g/mol. The Morgan fingerprint density at radius 2 is 2.08 bits per heavy atom. The highest BCUT2D eigenvalue weighted by atomic mass is 16.6. The van der Waals surface area contributed by atoms with E-state index in [1.165, 1.54) is 0 Å². The molecule has 1 amide bonds. The minimum atomic E-state index is -0.220. The Bertz CT molecular complexity index is 708. The summed E-state index contributed by atoms with van der Waals surface area (Å²) in [5, 5.41) is 4.08. The van der Waals surface area contributed by atoms with Crippen molar-refractivity contribution in [1.82, 2.24) is 19.9 Å². The summed E-state index contributed by atoms with van der Waals surface area (Å²) in [5.41, 5.74) is 2.09. The van der Waals surface area contributed by atoms with Gasteiger partial charge in [-0.1, -0.05) is 29.8 Å². The van der Waals surface area contributed by atoms with Gasteiger partial charge in [0.2, 0.25) is 0 Å². The number of benzene rings is 1. The molecule has 134 valence electrons. The van der Waals surface area contributed by atoms with Crippen LogP contribution < -0.4 is 0 Å². The molecule has 7 heteroatoms. The highest BCUT2D eigenvalue weighted by Crippen LogP contribution is 2.19. The third-order valence-electron chi connectivity index (χ3n) is 4.16. The van der Waals surface area contributed by atoms with Gasteiger partial charge in [-0.25, -0.2) is 4.79 Å². The monoisotopic (exact) mass is 344 g/mol. The predicted octanol–water partition coefficient (Wildman–Crippen LogP) is 2.71. The molecule has 0 bridgehead atoms. The molecule has 2 heterocycles. The van der Waals surface area contributed by atoms with Gasteiger partial charge in [0, 0.05) is 31.7 Å². The zero-order valence-electron chi connectivity index (χ0n) is 14.8. The molecule has 1 aliphatic heterocycles. The van der Waals surface area contributed by atoms with Crippen LogP contribution in [0.25, 0.3) is 11.5 Å². The molecule has 2 aromatic rings. The maximum absolute atomic E-state index is 11.9. The van der Waals surface area contributed by atoms with Crippen LogP contribution in [0.4, 0.5) is 4.79 Å². The quantitative estimate of drug-likeness (QED) is 0.830. The Labute approximate surface area is 147 Å². The van der Waals surface area contributed by atoms with Gasteiger partial charge in [-0.2, -0.15) is 4.98 Å². The van der Waals surface area contributed by atoms with E-state index in [0.29, 0.717) is 38.0 Å². The summed E-state index contributed by atoms with van der Waals surface area (Å²) in [6.07, 6.45) is 0.620. The lowest BCUT2D eigenvalue weighted by Crippen LogP contribution is -2.48. The number of carbonyl (C=O) groups excluding carboxylic acids is 1. The predicted molar refractivity (Wildman–Crippen MR) is 93.0 cm³/mol. The minimum absolute atomic E-state index is 0.220. The first-order valence-electron chi connectivity index (χ1n) is 8.69. The van der Waals surface area contributed by atoms with E-state index in [9.17, 15) is 4.79 Å². The van der Waals surface area contributed by atoms with Gasteiger partial charge in [0.25, 0.3) is 5.89 Å². The highest BCUT2D eigenvalue weighted by molar-refractivity contribution is 5.67. The first-order chi connectivity index (χ1) is 12.2. The van der Waals surface area contributed by atoms with Gasteiger partial charge in [-0.05, 0) is 25.5 Å². The number of nitrogens with zero attached hydrogens (tertiary/aromatic N) is 4. The average Bonchev–Trinajstić information content (AvgIpc) is 3.09. The third kappa shape index (κ3) is 4.57. The second-order valence-corrected chi connectivity index (χ2v) is 6.26. The van der Waals surface area contributed by atoms with Crippen LogP contribution in [-0.2, 0) is 11.3 Å². The molecule has 1 aromatic carbocycles. The molecule has 7 nitrogen and oxygen atoms in total. The molecule has 0 radical (unpaired) electrons. The second-order valence-electron chi connectivity index (χ2n) is 6.26. The fourth-order valence-corrected chi connectivity index (χ4v) is 2.78. The Kier molecular flexibility index (Phi) is 5.65. The van der Waals surface area contributed by atoms with Crippen molar-refractivity contribution in [2.24, 2.45) is 0 Å². The zero-order chi connectivity index (χ0) is 17.6. The van der Waals surface area contributed by atoms with E-state index in [1.807, 2.05) is 38.1 Å². The lowest BCUT2D eigenvalue weighted by atomic mass is 10.1. The fraction of sp³-hybridized carbons (Fsp3) is 0.500. The Hall–Kier alpha value is -2.41. The van der Waals surface area contributed by atoms with Crippen LogP contribution in [-0.4, -0.2) is 58.8 Å². The van der Waals surface area contributed by atoms with E-state index in [-0.39, 0.29) is 6.09 Å². The van der Waals surface area contributed by atoms with Crippen molar-refractivity contribution in [3.63, 3.8) is 0 Å². The molecule has 1 fully saturated rings. The van der Waals surface area contributed by atoms with Gasteiger partial charge in [0.15, 0.2) is 5.82 Å². The van der Waals surface area contributed by atoms with E-state index in [2.05, 4.69) is 15.0 Å². The summed E-state index contributed by atoms with van der Waals surface area (Å²) in [7, 11) is 0. The van der Waals surface area contributed by atoms with Crippen molar-refractivity contribution < 1.29 is 14.1 Å². The summed E-state index contributed by atoms with van der Waals surface area (Å²) >= 11 is 0. The first kappa shape index (κ1) is 17.4. The second kappa shape index (κ2) is 8.11. The first-order valence-corrected chi connectivity index (χ1v) is 8.69. The molecule has 3 rings (SSSR count). The van der Waals surface area contributed by atoms with Crippen molar-refractivity contribution in [2.45, 2.75) is 26.8 Å². The van der Waals surface area contributed by atoms with Crippen LogP contribution in [0.5, 0.6) is 0 Å². The smallest absolute Gasteiger partial charge is 0.409 e. The molecule has 0 aliphatic carbocycles. The zero-order valence-corrected chi connectivity index (χ0v) is 14.8. The standard InChI is InChI=1S/C18H24N4O3/c1-3-11-24-18(23)22-9-7-21(8-10-22)13-16-19-17(25-20-16)15-6-4-5-14(2)12-15/h4-6,12H,3,7-11,13H2,1-2H3. The molecule has 25 heavy (non-hydrogen) atoms. The van der Waals surface area contributed by atoms with Gasteiger partial charge in [0.05, 0.1) is 13.2 Å². The van der Waals surface area contributed by atoms with Crippen molar-refractivity contribution in [3.8, 4) is 11.5 Å². The molecular formula is C18H24N4O3. The number of aromatic nitrogens is 2. The number of ether oxygens (including phenoxy) is 1. The van der Waals surface area contributed by atoms with Crippen molar-refractivity contribution in [3.05, 3.63) is 35.7 Å². The fourth-order valence-electron chi connectivity index (χ4n) is 2.78. The third-order valence-corrected chi connectivity index (χ3v) is 4.16. The van der Waals surface area contributed by atoms with Crippen LogP contribution in [0.15, 0.2) is 28.8 Å². The molecule has 0 spiro atoms. The maximum Gasteiger partial charge on any atom is 0.409 e. The molecule has 1 aliphatic rings. The molecule has 0 unspecified atom stereocenters. The van der Waals surface area contributed by atoms with E-state index >= 15 is 0 Å². The van der Waals surface area contributed by atoms with Gasteiger partial charge >= 0.3 is 6.09 Å². The van der Waals surface area contributed by atoms with E-state index in [1.54, 1.807) is 4.90 Å². The number of hydrogen-bond donors (Lipinski definition) is 0. The minimum Gasteiger partial charge on any atom is -0.449 e. The average molecular weight is 344 g/mol. The number of piperazine rings is 1. The number of aryl methyl sites for hydroxylation is 1. The van der Waals surface area contributed by atoms with Crippen LogP contribution >= 0.6 is 0 Å². The molecule has 0 N–H and O–H groups in total. The van der Waals surface area contributed by atoms with Crippen LogP contribution in [0.3, 0.4) is 0 Å². The molecule has 0 atom stereocenters. The Morgan fingerprint density at radius 3 is 2.80 bits per heavy atom. The largest absolute Gasteiger partial charge is 0.449 e. The van der Waals surface area contributed by atoms with Gasteiger partial charge < -0.3 is 14.2 Å². The summed E-state index contributed by atoms with van der Waals surface area (Å²) in [4.78, 5) is 20.3. The molecule has 1 aromatic heterocycles. The van der Waals surface area contributed by atoms with E-state index in [0.717, 1.165) is 30.6 Å². The number of carbonyl (C=O) groups is 1. The number of hydrogen-bond acceptors (Lipinski definition) is 6. The lowest BCUT2D eigenvalue weighted by molar-refractivity contribution is 0.0738. The molecule has 0 saturated carbocycles. The van der Waals surface area contributed by atoms with Crippen LogP contribution in [0.1, 0.15) is 24.7 Å². The topological polar surface area (TPSA) is 71.7 Å². The van der Waals surface area contributed by atoms with E-state index < -0.39 is 0 Å². The molecule has 1 saturated heterocycles. The summed E-state index contributed by atoms with van der Waals surface area (Å²) in [5.74, 6) is 1.21. The number of amides is 1. The Morgan fingerprint density at radius 1 is 1.28 bits per heavy atom. The van der Waals surface area contributed by atoms with Gasteiger partial charge in [0.1, 0.15) is 0 Å². The normalized spacial score (nSPS) is 15.4. The van der Waals surface area contributed by atoms with Crippen molar-refractivity contribution in [1.29, 1.82) is 0 Å². The van der Waals surface area contributed by atoms with Crippen LogP contribution in [0, 0.1) is 6.92 Å². The SMILES string of the molecule is CCCOC(=O)N1CCN(Cc2noc(-c3cccc(C)c3)n2)CC1. The summed E-state index contributed by atoms with van der Waals surface area (Å²) in [6, 6.07) is 8.00. The van der Waals surface area contributed by atoms with E-state index in [4.69, 9.17) is 9.26 Å². The van der Waals surface area contributed by atoms with Crippen molar-refractivity contribution in [2.75, 3.05) is 32.8 Å². The summed E-state index contributed by atoms with van der Waals surface area (Å²) in [6.45, 7) is 7.98. The van der Waals surface area contributed by atoms with Crippen molar-refractivity contribution >= 4 is 6.09 Å². The highest BCUT2D eigenvalue weighted by Gasteiger charge is 2.23.